The van der Waals surface area contributed by atoms with Gasteiger partial charge in [-0.2, -0.15) is 5.10 Å². The average Bonchev–Trinajstić information content (AvgIpc) is 3.31. The number of aromatic nitrogens is 2. The van der Waals surface area contributed by atoms with Gasteiger partial charge in [-0.25, -0.2) is 4.68 Å². The minimum atomic E-state index is -0.424. The van der Waals surface area contributed by atoms with E-state index in [-0.39, 0.29) is 18.2 Å². The number of hydrogen-bond acceptors (Lipinski definition) is 4. The zero-order chi connectivity index (χ0) is 22.0. The van der Waals surface area contributed by atoms with Crippen LogP contribution in [0.2, 0.25) is 0 Å². The number of hydrogen-bond donors (Lipinski definition) is 1. The summed E-state index contributed by atoms with van der Waals surface area (Å²) in [7, 11) is 0. The maximum atomic E-state index is 13.0. The summed E-state index contributed by atoms with van der Waals surface area (Å²) >= 11 is 0. The van der Waals surface area contributed by atoms with Gasteiger partial charge in [0.05, 0.1) is 29.6 Å². The lowest BCUT2D eigenvalue weighted by Gasteiger charge is -2.18. The SMILES string of the molecule is CCOc1ccc(N2CC(C(=O)Nc3ccccc3-n3nc(C)cc3C)CC2=O)cc1. The van der Waals surface area contributed by atoms with E-state index in [2.05, 4.69) is 10.4 Å². The number of rotatable bonds is 6. The van der Waals surface area contributed by atoms with Crippen LogP contribution in [0.15, 0.2) is 54.6 Å². The van der Waals surface area contributed by atoms with Crippen molar-refractivity contribution in [3.8, 4) is 11.4 Å². The number of aryl methyl sites for hydroxylation is 2. The van der Waals surface area contributed by atoms with Gasteiger partial charge in [-0.1, -0.05) is 12.1 Å². The van der Waals surface area contributed by atoms with Gasteiger partial charge < -0.3 is 15.0 Å². The highest BCUT2D eigenvalue weighted by molar-refractivity contribution is 6.04. The van der Waals surface area contributed by atoms with Gasteiger partial charge in [-0.15, -0.1) is 0 Å². The summed E-state index contributed by atoms with van der Waals surface area (Å²) in [4.78, 5) is 27.3. The van der Waals surface area contributed by atoms with Gasteiger partial charge in [-0.05, 0) is 63.2 Å². The molecular weight excluding hydrogens is 392 g/mol. The molecule has 7 nitrogen and oxygen atoms in total. The average molecular weight is 418 g/mol. The lowest BCUT2D eigenvalue weighted by Crippen LogP contribution is -2.28. The summed E-state index contributed by atoms with van der Waals surface area (Å²) < 4.78 is 7.28. The van der Waals surface area contributed by atoms with Crippen molar-refractivity contribution in [2.45, 2.75) is 27.2 Å². The third-order valence-electron chi connectivity index (χ3n) is 5.35. The molecule has 1 aliphatic rings. The Kier molecular flexibility index (Phi) is 5.75. The Morgan fingerprint density at radius 1 is 1.16 bits per heavy atom. The van der Waals surface area contributed by atoms with E-state index < -0.39 is 5.92 Å². The summed E-state index contributed by atoms with van der Waals surface area (Å²) in [6, 6.07) is 16.9. The molecule has 2 aromatic carbocycles. The fourth-order valence-corrected chi connectivity index (χ4v) is 3.89. The van der Waals surface area contributed by atoms with Crippen molar-refractivity contribution in [3.63, 3.8) is 0 Å². The van der Waals surface area contributed by atoms with Crippen molar-refractivity contribution in [3.05, 3.63) is 66.0 Å². The molecule has 0 bridgehead atoms. The van der Waals surface area contributed by atoms with Crippen LogP contribution < -0.4 is 15.0 Å². The molecule has 1 aromatic heterocycles. The molecule has 2 amide bonds. The Hall–Kier alpha value is -3.61. The molecule has 1 unspecified atom stereocenters. The summed E-state index contributed by atoms with van der Waals surface area (Å²) in [6.45, 7) is 6.77. The van der Waals surface area contributed by atoms with Crippen molar-refractivity contribution in [2.75, 3.05) is 23.4 Å². The molecule has 0 aliphatic carbocycles. The van der Waals surface area contributed by atoms with Gasteiger partial charge in [0.1, 0.15) is 5.75 Å². The van der Waals surface area contributed by atoms with E-state index in [0.29, 0.717) is 18.8 Å². The molecule has 31 heavy (non-hydrogen) atoms. The van der Waals surface area contributed by atoms with Crippen molar-refractivity contribution < 1.29 is 14.3 Å². The summed E-state index contributed by atoms with van der Waals surface area (Å²) in [6.07, 6.45) is 0.182. The van der Waals surface area contributed by atoms with E-state index in [9.17, 15) is 9.59 Å². The van der Waals surface area contributed by atoms with Crippen LogP contribution in [0.5, 0.6) is 5.75 Å². The Morgan fingerprint density at radius 2 is 1.90 bits per heavy atom. The quantitative estimate of drug-likeness (QED) is 0.659. The normalized spacial score (nSPS) is 15.9. The molecule has 1 aliphatic heterocycles. The standard InChI is InChI=1S/C24H26N4O3/c1-4-31-20-11-9-19(10-12-20)27-15-18(14-23(27)29)24(30)25-21-7-5-6-8-22(21)28-17(3)13-16(2)26-28/h5-13,18H,4,14-15H2,1-3H3,(H,25,30). The first-order valence-electron chi connectivity index (χ1n) is 10.4. The molecule has 1 fully saturated rings. The van der Waals surface area contributed by atoms with Crippen LogP contribution in [0.3, 0.4) is 0 Å². The van der Waals surface area contributed by atoms with Crippen molar-refractivity contribution in [1.82, 2.24) is 9.78 Å². The van der Waals surface area contributed by atoms with E-state index in [1.54, 1.807) is 4.90 Å². The molecule has 1 N–H and O–H groups in total. The first-order chi connectivity index (χ1) is 15.0. The van der Waals surface area contributed by atoms with Crippen molar-refractivity contribution in [2.24, 2.45) is 5.92 Å². The number of carbonyl (C=O) groups excluding carboxylic acids is 2. The minimum Gasteiger partial charge on any atom is -0.494 e. The minimum absolute atomic E-state index is 0.0591. The maximum Gasteiger partial charge on any atom is 0.229 e. The molecule has 0 spiro atoms. The second-order valence-electron chi connectivity index (χ2n) is 7.68. The Labute approximate surface area is 181 Å². The predicted octanol–water partition coefficient (Wildman–Crippen LogP) is 3.88. The number of amides is 2. The number of carbonyl (C=O) groups is 2. The smallest absolute Gasteiger partial charge is 0.229 e. The molecule has 1 atom stereocenters. The molecule has 0 saturated carbocycles. The highest BCUT2D eigenvalue weighted by Gasteiger charge is 2.35. The largest absolute Gasteiger partial charge is 0.494 e. The van der Waals surface area contributed by atoms with Crippen LogP contribution in [0.4, 0.5) is 11.4 Å². The first kappa shape index (κ1) is 20.7. The van der Waals surface area contributed by atoms with E-state index >= 15 is 0 Å². The number of nitrogens with zero attached hydrogens (tertiary/aromatic N) is 3. The fourth-order valence-electron chi connectivity index (χ4n) is 3.89. The Bertz CT molecular complexity index is 1100. The van der Waals surface area contributed by atoms with Crippen LogP contribution in [-0.4, -0.2) is 34.7 Å². The number of nitrogens with one attached hydrogen (secondary N) is 1. The molecular formula is C24H26N4O3. The summed E-state index contributed by atoms with van der Waals surface area (Å²) in [5.74, 6) is 0.104. The second kappa shape index (κ2) is 8.63. The van der Waals surface area contributed by atoms with Crippen LogP contribution in [0, 0.1) is 19.8 Å². The number of para-hydroxylation sites is 2. The summed E-state index contributed by atoms with van der Waals surface area (Å²) in [5.41, 5.74) is 4.13. The van der Waals surface area contributed by atoms with E-state index in [4.69, 9.17) is 4.74 Å². The van der Waals surface area contributed by atoms with Crippen molar-refractivity contribution >= 4 is 23.2 Å². The highest BCUT2D eigenvalue weighted by Crippen LogP contribution is 2.29. The maximum absolute atomic E-state index is 13.0. The van der Waals surface area contributed by atoms with E-state index in [1.165, 1.54) is 0 Å². The van der Waals surface area contributed by atoms with Crippen LogP contribution in [0.1, 0.15) is 24.7 Å². The first-order valence-corrected chi connectivity index (χ1v) is 10.4. The molecule has 4 rings (SSSR count). The molecule has 2 heterocycles. The van der Waals surface area contributed by atoms with Gasteiger partial charge in [0.25, 0.3) is 0 Å². The lowest BCUT2D eigenvalue weighted by molar-refractivity contribution is -0.122. The number of anilines is 2. The van der Waals surface area contributed by atoms with Gasteiger partial charge in [0.15, 0.2) is 0 Å². The Morgan fingerprint density at radius 3 is 2.58 bits per heavy atom. The zero-order valence-corrected chi connectivity index (χ0v) is 18.0. The molecule has 7 heteroatoms. The van der Waals surface area contributed by atoms with Gasteiger partial charge in [0.2, 0.25) is 11.8 Å². The van der Waals surface area contributed by atoms with Gasteiger partial charge >= 0.3 is 0 Å². The van der Waals surface area contributed by atoms with Crippen LogP contribution in [-0.2, 0) is 9.59 Å². The Balaban J connectivity index is 1.49. The number of ether oxygens (including phenoxy) is 1. The van der Waals surface area contributed by atoms with E-state index in [1.807, 2.05) is 80.1 Å². The molecule has 1 saturated heterocycles. The monoisotopic (exact) mass is 418 g/mol. The topological polar surface area (TPSA) is 76.5 Å². The van der Waals surface area contributed by atoms with Gasteiger partial charge in [-0.3, -0.25) is 9.59 Å². The zero-order valence-electron chi connectivity index (χ0n) is 18.0. The summed E-state index contributed by atoms with van der Waals surface area (Å²) in [5, 5.41) is 7.53. The predicted molar refractivity (Wildman–Crippen MR) is 120 cm³/mol. The molecule has 3 aromatic rings. The highest BCUT2D eigenvalue weighted by atomic mass is 16.5. The van der Waals surface area contributed by atoms with Crippen molar-refractivity contribution in [1.29, 1.82) is 0 Å². The second-order valence-corrected chi connectivity index (χ2v) is 7.68. The van der Waals surface area contributed by atoms with E-state index in [0.717, 1.165) is 28.5 Å². The van der Waals surface area contributed by atoms with Crippen LogP contribution in [0.25, 0.3) is 5.69 Å². The number of benzene rings is 2. The molecule has 0 radical (unpaired) electrons. The fraction of sp³-hybridized carbons (Fsp3) is 0.292. The lowest BCUT2D eigenvalue weighted by atomic mass is 10.1. The van der Waals surface area contributed by atoms with Gasteiger partial charge in [0, 0.05) is 24.3 Å². The third-order valence-corrected chi connectivity index (χ3v) is 5.35. The third kappa shape index (κ3) is 4.30. The van der Waals surface area contributed by atoms with Crippen LogP contribution >= 0.6 is 0 Å². The molecule has 160 valence electrons.